The summed E-state index contributed by atoms with van der Waals surface area (Å²) in [5.74, 6) is 1.34. The molecule has 0 radical (unpaired) electrons. The molecule has 0 unspecified atom stereocenters. The number of aryl methyl sites for hydroxylation is 1. The number of hydrogen-bond acceptors (Lipinski definition) is 1. The Balaban J connectivity index is 2.42. The van der Waals surface area contributed by atoms with E-state index in [9.17, 15) is 0 Å². The molecule has 0 bridgehead atoms. The molecule has 26 heavy (non-hydrogen) atoms. The molecule has 0 heterocycles. The van der Waals surface area contributed by atoms with Gasteiger partial charge in [0.2, 0.25) is 0 Å². The van der Waals surface area contributed by atoms with Gasteiger partial charge in [-0.05, 0) is 46.2 Å². The van der Waals surface area contributed by atoms with Crippen LogP contribution in [0.3, 0.4) is 0 Å². The Hall–Kier alpha value is -1.80. The Morgan fingerprint density at radius 1 is 0.923 bits per heavy atom. The standard InChI is InChI=1S/C24H36NO/c1-18(2)25(6,19(3)4)16-15-22(21-11-9-8-10-12-21)23-17-20(5)13-14-24(23)26-7/h8-14,17-19,22H,15-16H2,1-7H3/q+1/t22-/m1/s1. The third-order valence-electron chi connectivity index (χ3n) is 6.22. The van der Waals surface area contributed by atoms with Gasteiger partial charge in [0.05, 0.1) is 32.8 Å². The monoisotopic (exact) mass is 354 g/mol. The van der Waals surface area contributed by atoms with Gasteiger partial charge in [0, 0.05) is 17.9 Å². The largest absolute Gasteiger partial charge is 0.496 e. The summed E-state index contributed by atoms with van der Waals surface area (Å²) in [7, 11) is 4.17. The predicted molar refractivity (Wildman–Crippen MR) is 112 cm³/mol. The first-order valence-electron chi connectivity index (χ1n) is 9.84. The molecule has 2 aromatic rings. The van der Waals surface area contributed by atoms with Crippen molar-refractivity contribution < 1.29 is 9.22 Å². The average molecular weight is 355 g/mol. The zero-order valence-corrected chi connectivity index (χ0v) is 17.6. The molecule has 2 rings (SSSR count). The number of rotatable bonds is 8. The molecule has 142 valence electrons. The van der Waals surface area contributed by atoms with E-state index in [4.69, 9.17) is 4.74 Å². The lowest BCUT2D eigenvalue weighted by molar-refractivity contribution is -0.949. The van der Waals surface area contributed by atoms with Crippen molar-refractivity contribution in [3.05, 3.63) is 65.2 Å². The maximum absolute atomic E-state index is 5.72. The molecule has 2 heteroatoms. The van der Waals surface area contributed by atoms with Crippen molar-refractivity contribution in [2.24, 2.45) is 0 Å². The van der Waals surface area contributed by atoms with Crippen molar-refractivity contribution in [2.45, 2.75) is 59.0 Å². The molecule has 0 spiro atoms. The van der Waals surface area contributed by atoms with E-state index in [1.165, 1.54) is 16.7 Å². The minimum absolute atomic E-state index is 0.348. The number of benzene rings is 2. The quantitative estimate of drug-likeness (QED) is 0.545. The molecule has 0 N–H and O–H groups in total. The fourth-order valence-corrected chi connectivity index (χ4v) is 3.83. The van der Waals surface area contributed by atoms with E-state index in [2.05, 4.69) is 90.2 Å². The topological polar surface area (TPSA) is 9.23 Å². The van der Waals surface area contributed by atoms with Crippen LogP contribution in [0.15, 0.2) is 48.5 Å². The van der Waals surface area contributed by atoms with E-state index >= 15 is 0 Å². The van der Waals surface area contributed by atoms with Gasteiger partial charge in [-0.3, -0.25) is 0 Å². The second-order valence-electron chi connectivity index (χ2n) is 8.26. The molecule has 1 atom stereocenters. The Morgan fingerprint density at radius 2 is 1.54 bits per heavy atom. The summed E-state index contributed by atoms with van der Waals surface area (Å²) >= 11 is 0. The highest BCUT2D eigenvalue weighted by Gasteiger charge is 2.31. The highest BCUT2D eigenvalue weighted by molar-refractivity contribution is 5.44. The van der Waals surface area contributed by atoms with Gasteiger partial charge in [0.1, 0.15) is 5.75 Å². The summed E-state index contributed by atoms with van der Waals surface area (Å²) in [5, 5.41) is 0. The molecule has 0 aliphatic carbocycles. The van der Waals surface area contributed by atoms with Crippen LogP contribution in [0.1, 0.15) is 56.7 Å². The number of hydrogen-bond donors (Lipinski definition) is 0. The van der Waals surface area contributed by atoms with Gasteiger partial charge in [-0.2, -0.15) is 0 Å². The number of quaternary nitrogens is 1. The Kier molecular flexibility index (Phi) is 6.88. The first kappa shape index (κ1) is 20.5. The van der Waals surface area contributed by atoms with Crippen molar-refractivity contribution in [3.63, 3.8) is 0 Å². The first-order valence-corrected chi connectivity index (χ1v) is 9.84. The Morgan fingerprint density at radius 3 is 2.08 bits per heavy atom. The lowest BCUT2D eigenvalue weighted by Gasteiger charge is -2.43. The molecule has 0 aliphatic rings. The SMILES string of the molecule is COc1ccc(C)cc1[C@H](CC[N+](C)(C(C)C)C(C)C)c1ccccc1. The number of nitrogens with zero attached hydrogens (tertiary/aromatic N) is 1. The minimum Gasteiger partial charge on any atom is -0.496 e. The smallest absolute Gasteiger partial charge is 0.122 e. The molecule has 0 aromatic heterocycles. The van der Waals surface area contributed by atoms with Crippen LogP contribution in [0.25, 0.3) is 0 Å². The third kappa shape index (κ3) is 4.48. The van der Waals surface area contributed by atoms with Crippen molar-refractivity contribution in [1.29, 1.82) is 0 Å². The van der Waals surface area contributed by atoms with E-state index in [-0.39, 0.29) is 0 Å². The fourth-order valence-electron chi connectivity index (χ4n) is 3.83. The molecule has 0 saturated heterocycles. The van der Waals surface area contributed by atoms with Gasteiger partial charge in [-0.1, -0.05) is 48.0 Å². The molecule has 0 saturated carbocycles. The van der Waals surface area contributed by atoms with Gasteiger partial charge in [0.25, 0.3) is 0 Å². The summed E-state index contributed by atoms with van der Waals surface area (Å²) in [6.45, 7) is 12.7. The van der Waals surface area contributed by atoms with Crippen LogP contribution in [0.2, 0.25) is 0 Å². The summed E-state index contributed by atoms with van der Waals surface area (Å²) < 4.78 is 6.81. The van der Waals surface area contributed by atoms with E-state index in [1.54, 1.807) is 7.11 Å². The van der Waals surface area contributed by atoms with Gasteiger partial charge in [0.15, 0.2) is 0 Å². The summed E-state index contributed by atoms with van der Waals surface area (Å²) in [5.41, 5.74) is 3.96. The highest BCUT2D eigenvalue weighted by Crippen LogP contribution is 2.36. The fraction of sp³-hybridized carbons (Fsp3) is 0.500. The van der Waals surface area contributed by atoms with Crippen LogP contribution in [0.5, 0.6) is 5.75 Å². The zero-order valence-electron chi connectivity index (χ0n) is 17.6. The van der Waals surface area contributed by atoms with Crippen molar-refractivity contribution in [1.82, 2.24) is 0 Å². The highest BCUT2D eigenvalue weighted by atomic mass is 16.5. The normalized spacial score (nSPS) is 13.3. The van der Waals surface area contributed by atoms with Crippen LogP contribution in [0.4, 0.5) is 0 Å². The molecule has 0 aliphatic heterocycles. The summed E-state index contributed by atoms with van der Waals surface area (Å²) in [4.78, 5) is 0. The molecule has 0 amide bonds. The second-order valence-corrected chi connectivity index (χ2v) is 8.26. The first-order chi connectivity index (χ1) is 12.3. The second kappa shape index (κ2) is 8.73. The molecular weight excluding hydrogens is 318 g/mol. The third-order valence-corrected chi connectivity index (χ3v) is 6.22. The van der Waals surface area contributed by atoms with E-state index in [1.807, 2.05) is 0 Å². The molecule has 2 aromatic carbocycles. The predicted octanol–water partition coefficient (Wildman–Crippen LogP) is 5.79. The number of methoxy groups -OCH3 is 1. The molecular formula is C24H36NO+. The maximum atomic E-state index is 5.72. The van der Waals surface area contributed by atoms with E-state index < -0.39 is 0 Å². The van der Waals surface area contributed by atoms with Crippen LogP contribution < -0.4 is 4.74 Å². The van der Waals surface area contributed by atoms with Crippen LogP contribution in [-0.2, 0) is 0 Å². The molecule has 2 nitrogen and oxygen atoms in total. The van der Waals surface area contributed by atoms with Gasteiger partial charge < -0.3 is 9.22 Å². The van der Waals surface area contributed by atoms with Gasteiger partial charge >= 0.3 is 0 Å². The van der Waals surface area contributed by atoms with Crippen molar-refractivity contribution in [2.75, 3.05) is 20.7 Å². The maximum Gasteiger partial charge on any atom is 0.122 e. The van der Waals surface area contributed by atoms with Gasteiger partial charge in [-0.25, -0.2) is 0 Å². The lowest BCUT2D eigenvalue weighted by atomic mass is 9.86. The average Bonchev–Trinajstić information content (AvgIpc) is 2.62. The molecule has 0 fully saturated rings. The van der Waals surface area contributed by atoms with E-state index in [0.717, 1.165) is 23.2 Å². The van der Waals surface area contributed by atoms with Gasteiger partial charge in [-0.15, -0.1) is 0 Å². The lowest BCUT2D eigenvalue weighted by Crippen LogP contribution is -2.55. The number of ether oxygens (including phenoxy) is 1. The summed E-state index contributed by atoms with van der Waals surface area (Å²) in [6.07, 6.45) is 1.11. The van der Waals surface area contributed by atoms with E-state index in [0.29, 0.717) is 18.0 Å². The Bertz CT molecular complexity index is 683. The van der Waals surface area contributed by atoms with Crippen LogP contribution in [0, 0.1) is 6.92 Å². The van der Waals surface area contributed by atoms with Crippen LogP contribution in [-0.4, -0.2) is 37.3 Å². The van der Waals surface area contributed by atoms with Crippen LogP contribution >= 0.6 is 0 Å². The van der Waals surface area contributed by atoms with Crippen molar-refractivity contribution in [3.8, 4) is 5.75 Å². The Labute approximate surface area is 160 Å². The minimum atomic E-state index is 0.348. The van der Waals surface area contributed by atoms with Crippen molar-refractivity contribution >= 4 is 0 Å². The zero-order chi connectivity index (χ0) is 19.3. The summed E-state index contributed by atoms with van der Waals surface area (Å²) in [6, 6.07) is 18.6.